The second-order valence-electron chi connectivity index (χ2n) is 6.62. The Morgan fingerprint density at radius 1 is 1.20 bits per heavy atom. The molecule has 0 aliphatic carbocycles. The number of fused-ring (bicyclic) bond motifs is 1. The summed E-state index contributed by atoms with van der Waals surface area (Å²) in [6, 6.07) is 0. The van der Waals surface area contributed by atoms with Crippen molar-refractivity contribution < 1.29 is 4.79 Å². The molecule has 5 nitrogen and oxygen atoms in total. The van der Waals surface area contributed by atoms with Crippen molar-refractivity contribution in [2.45, 2.75) is 51.7 Å². The number of aryl methyl sites for hydroxylation is 2. The van der Waals surface area contributed by atoms with Crippen LogP contribution in [0.15, 0.2) is 4.79 Å². The van der Waals surface area contributed by atoms with Crippen LogP contribution in [0, 0.1) is 13.8 Å². The van der Waals surface area contributed by atoms with Crippen LogP contribution < -0.4 is 5.56 Å². The largest absolute Gasteiger partial charge is 0.342 e. The number of carbonyl (C=O) groups is 1. The van der Waals surface area contributed by atoms with E-state index >= 15 is 0 Å². The van der Waals surface area contributed by atoms with E-state index in [-0.39, 0.29) is 11.5 Å². The molecule has 1 amide bonds. The maximum atomic E-state index is 12.4. The summed E-state index contributed by atoms with van der Waals surface area (Å²) in [5.74, 6) is 1.87. The van der Waals surface area contributed by atoms with E-state index in [1.807, 2.05) is 18.7 Å². The molecule has 3 heterocycles. The van der Waals surface area contributed by atoms with Gasteiger partial charge in [0.2, 0.25) is 5.91 Å². The summed E-state index contributed by atoms with van der Waals surface area (Å²) in [4.78, 5) is 36.0. The number of carbonyl (C=O) groups excluding carboxylic acids is 1. The maximum absolute atomic E-state index is 12.4. The summed E-state index contributed by atoms with van der Waals surface area (Å²) >= 11 is 3.09. The highest BCUT2D eigenvalue weighted by Crippen LogP contribution is 2.26. The molecule has 2 aromatic heterocycles. The number of likely N-dealkylation sites (tertiary alicyclic amines) is 1. The number of hydrogen-bond donors (Lipinski definition) is 1. The number of nitrogens with zero attached hydrogens (tertiary/aromatic N) is 2. The van der Waals surface area contributed by atoms with Crippen molar-refractivity contribution in [1.29, 1.82) is 0 Å². The molecule has 136 valence electrons. The molecule has 0 aromatic carbocycles. The molecule has 0 spiro atoms. The quantitative estimate of drug-likeness (QED) is 0.881. The van der Waals surface area contributed by atoms with Crippen LogP contribution in [0.3, 0.4) is 0 Å². The van der Waals surface area contributed by atoms with E-state index in [0.29, 0.717) is 22.7 Å². The topological polar surface area (TPSA) is 66.1 Å². The maximum Gasteiger partial charge on any atom is 0.259 e. The van der Waals surface area contributed by atoms with Crippen molar-refractivity contribution >= 4 is 39.2 Å². The number of amides is 1. The molecular weight excluding hydrogens is 354 g/mol. The molecule has 1 N–H and O–H groups in total. The first-order valence-electron chi connectivity index (χ1n) is 8.90. The van der Waals surface area contributed by atoms with Crippen molar-refractivity contribution in [3.63, 3.8) is 0 Å². The standard InChI is InChI=1S/C18H25N3O2S2/c1-12-13(2)25-18-16(12)17(23)19-14(20-18)10-24-11-15(22)21-8-6-4-3-5-7-9-21/h3-11H2,1-2H3,(H,19,20,23). The molecule has 2 aromatic rings. The molecular formula is C18H25N3O2S2. The van der Waals surface area contributed by atoms with E-state index in [1.165, 1.54) is 31.0 Å². The number of thiophene rings is 1. The zero-order chi connectivity index (χ0) is 17.8. The van der Waals surface area contributed by atoms with Crippen LogP contribution in [0.5, 0.6) is 0 Å². The lowest BCUT2D eigenvalue weighted by Crippen LogP contribution is -2.35. The van der Waals surface area contributed by atoms with Gasteiger partial charge in [-0.25, -0.2) is 4.98 Å². The number of thioether (sulfide) groups is 1. The summed E-state index contributed by atoms with van der Waals surface area (Å²) in [6.07, 6.45) is 5.96. The van der Waals surface area contributed by atoms with E-state index in [0.717, 1.165) is 41.2 Å². The van der Waals surface area contributed by atoms with E-state index < -0.39 is 0 Å². The number of aromatic amines is 1. The molecule has 25 heavy (non-hydrogen) atoms. The van der Waals surface area contributed by atoms with Crippen molar-refractivity contribution in [2.75, 3.05) is 18.8 Å². The molecule has 1 fully saturated rings. The number of hydrogen-bond acceptors (Lipinski definition) is 5. The second kappa shape index (κ2) is 8.36. The number of aromatic nitrogens is 2. The van der Waals surface area contributed by atoms with Gasteiger partial charge >= 0.3 is 0 Å². The number of rotatable bonds is 4. The molecule has 0 atom stereocenters. The van der Waals surface area contributed by atoms with Crippen molar-refractivity contribution in [2.24, 2.45) is 0 Å². The zero-order valence-electron chi connectivity index (χ0n) is 14.9. The van der Waals surface area contributed by atoms with E-state index in [1.54, 1.807) is 11.3 Å². The van der Waals surface area contributed by atoms with Crippen LogP contribution in [0.4, 0.5) is 0 Å². The van der Waals surface area contributed by atoms with Gasteiger partial charge < -0.3 is 9.88 Å². The molecule has 0 radical (unpaired) electrons. The SMILES string of the molecule is Cc1sc2nc(CSCC(=O)N3CCCCCCC3)[nH]c(=O)c2c1C. The zero-order valence-corrected chi connectivity index (χ0v) is 16.5. The lowest BCUT2D eigenvalue weighted by atomic mass is 10.1. The molecule has 1 saturated heterocycles. The number of nitrogens with one attached hydrogen (secondary N) is 1. The smallest absolute Gasteiger partial charge is 0.259 e. The Morgan fingerprint density at radius 2 is 1.88 bits per heavy atom. The molecule has 0 saturated carbocycles. The average molecular weight is 380 g/mol. The van der Waals surface area contributed by atoms with Gasteiger partial charge in [0.1, 0.15) is 10.7 Å². The Balaban J connectivity index is 1.59. The fourth-order valence-electron chi connectivity index (χ4n) is 3.19. The van der Waals surface area contributed by atoms with Crippen LogP contribution in [-0.2, 0) is 10.5 Å². The van der Waals surface area contributed by atoms with E-state index in [4.69, 9.17) is 0 Å². The minimum absolute atomic E-state index is 0.0717. The third-order valence-electron chi connectivity index (χ3n) is 4.76. The Bertz CT molecular complexity index is 804. The Morgan fingerprint density at radius 3 is 2.60 bits per heavy atom. The summed E-state index contributed by atoms with van der Waals surface area (Å²) in [5, 5.41) is 0.702. The fraction of sp³-hybridized carbons (Fsp3) is 0.611. The number of H-pyrrole nitrogens is 1. The second-order valence-corrected chi connectivity index (χ2v) is 8.81. The summed E-state index contributed by atoms with van der Waals surface area (Å²) in [6.45, 7) is 5.74. The summed E-state index contributed by atoms with van der Waals surface area (Å²) in [5.41, 5.74) is 0.942. The third kappa shape index (κ3) is 4.44. The monoisotopic (exact) mass is 379 g/mol. The lowest BCUT2D eigenvalue weighted by Gasteiger charge is -2.24. The molecule has 3 rings (SSSR count). The predicted molar refractivity (Wildman–Crippen MR) is 106 cm³/mol. The van der Waals surface area contributed by atoms with Gasteiger partial charge in [-0.1, -0.05) is 19.3 Å². The van der Waals surface area contributed by atoms with Gasteiger partial charge in [-0.15, -0.1) is 23.1 Å². The van der Waals surface area contributed by atoms with Gasteiger partial charge in [0.05, 0.1) is 16.9 Å². The first-order valence-corrected chi connectivity index (χ1v) is 10.9. The third-order valence-corrected chi connectivity index (χ3v) is 6.79. The summed E-state index contributed by atoms with van der Waals surface area (Å²) < 4.78 is 0. The van der Waals surface area contributed by atoms with Crippen molar-refractivity contribution in [3.8, 4) is 0 Å². The van der Waals surface area contributed by atoms with Crippen LogP contribution in [-0.4, -0.2) is 39.6 Å². The van der Waals surface area contributed by atoms with Crippen LogP contribution >= 0.6 is 23.1 Å². The fourth-order valence-corrected chi connectivity index (χ4v) is 5.03. The van der Waals surface area contributed by atoms with Crippen LogP contribution in [0.2, 0.25) is 0 Å². The van der Waals surface area contributed by atoms with Gasteiger partial charge in [-0.05, 0) is 32.3 Å². The lowest BCUT2D eigenvalue weighted by molar-refractivity contribution is -0.128. The van der Waals surface area contributed by atoms with Gasteiger partial charge in [0.25, 0.3) is 5.56 Å². The van der Waals surface area contributed by atoms with Gasteiger partial charge in [0, 0.05) is 18.0 Å². The Labute approximate surface area is 156 Å². The summed E-state index contributed by atoms with van der Waals surface area (Å²) in [7, 11) is 0. The Kier molecular flexibility index (Phi) is 6.17. The van der Waals surface area contributed by atoms with Gasteiger partial charge in [-0.3, -0.25) is 9.59 Å². The van der Waals surface area contributed by atoms with Crippen LogP contribution in [0.25, 0.3) is 10.2 Å². The highest BCUT2D eigenvalue weighted by molar-refractivity contribution is 7.99. The van der Waals surface area contributed by atoms with Crippen molar-refractivity contribution in [1.82, 2.24) is 14.9 Å². The molecule has 0 unspecified atom stereocenters. The minimum atomic E-state index is -0.0717. The molecule has 0 bridgehead atoms. The van der Waals surface area contributed by atoms with Gasteiger partial charge in [0.15, 0.2) is 0 Å². The highest BCUT2D eigenvalue weighted by atomic mass is 32.2. The normalized spacial score (nSPS) is 16.0. The first kappa shape index (κ1) is 18.5. The predicted octanol–water partition coefficient (Wildman–Crippen LogP) is 3.63. The van der Waals surface area contributed by atoms with Crippen molar-refractivity contribution in [3.05, 3.63) is 26.6 Å². The first-order chi connectivity index (χ1) is 12.1. The molecule has 1 aliphatic rings. The Hall–Kier alpha value is -1.34. The van der Waals surface area contributed by atoms with Crippen LogP contribution in [0.1, 0.15) is 48.4 Å². The molecule has 7 heteroatoms. The van der Waals surface area contributed by atoms with Gasteiger partial charge in [-0.2, -0.15) is 0 Å². The minimum Gasteiger partial charge on any atom is -0.342 e. The highest BCUT2D eigenvalue weighted by Gasteiger charge is 2.16. The van der Waals surface area contributed by atoms with E-state index in [2.05, 4.69) is 9.97 Å². The average Bonchev–Trinajstić information content (AvgIpc) is 2.81. The molecule has 1 aliphatic heterocycles. The van der Waals surface area contributed by atoms with E-state index in [9.17, 15) is 9.59 Å².